The number of hydrogen-bond donors (Lipinski definition) is 1. The van der Waals surface area contributed by atoms with Crippen molar-refractivity contribution in [1.29, 1.82) is 0 Å². The number of thiazole rings is 1. The van der Waals surface area contributed by atoms with Crippen LogP contribution in [0.2, 0.25) is 0 Å². The summed E-state index contributed by atoms with van der Waals surface area (Å²) >= 11 is 1.35. The molecule has 1 N–H and O–H groups in total. The van der Waals surface area contributed by atoms with Gasteiger partial charge in [0.05, 0.1) is 10.7 Å². The first kappa shape index (κ1) is 23.6. The SMILES string of the molecule is Cc1ccc(C)c(N(C(=O)c2sc(C)nc2C)[C@H](C(=O)NC(C)(C)C)c2ccncc2)c1. The summed E-state index contributed by atoms with van der Waals surface area (Å²) in [5, 5.41) is 3.87. The van der Waals surface area contributed by atoms with Crippen molar-refractivity contribution in [3.05, 3.63) is 75.0 Å². The molecule has 0 aliphatic carbocycles. The zero-order valence-electron chi connectivity index (χ0n) is 19.7. The van der Waals surface area contributed by atoms with Gasteiger partial charge in [0.1, 0.15) is 10.9 Å². The van der Waals surface area contributed by atoms with E-state index < -0.39 is 11.6 Å². The number of amides is 2. The third kappa shape index (κ3) is 5.22. The molecule has 0 spiro atoms. The van der Waals surface area contributed by atoms with E-state index in [-0.39, 0.29) is 11.8 Å². The van der Waals surface area contributed by atoms with Gasteiger partial charge in [0.25, 0.3) is 5.91 Å². The number of nitrogens with one attached hydrogen (secondary N) is 1. The number of aromatic nitrogens is 2. The average molecular weight is 451 g/mol. The number of aryl methyl sites for hydroxylation is 4. The van der Waals surface area contributed by atoms with E-state index in [4.69, 9.17) is 0 Å². The number of hydrogen-bond acceptors (Lipinski definition) is 5. The minimum absolute atomic E-state index is 0.243. The molecule has 0 radical (unpaired) electrons. The van der Waals surface area contributed by atoms with Gasteiger partial charge in [-0.3, -0.25) is 19.5 Å². The molecule has 2 amide bonds. The lowest BCUT2D eigenvalue weighted by Crippen LogP contribution is -2.49. The zero-order chi connectivity index (χ0) is 23.6. The van der Waals surface area contributed by atoms with Crippen molar-refractivity contribution < 1.29 is 9.59 Å². The van der Waals surface area contributed by atoms with E-state index in [0.29, 0.717) is 21.8 Å². The van der Waals surface area contributed by atoms with Gasteiger partial charge < -0.3 is 5.32 Å². The average Bonchev–Trinajstić information content (AvgIpc) is 3.05. The molecule has 0 saturated carbocycles. The van der Waals surface area contributed by atoms with Crippen molar-refractivity contribution in [2.45, 2.75) is 60.0 Å². The number of nitrogens with zero attached hydrogens (tertiary/aromatic N) is 3. The van der Waals surface area contributed by atoms with E-state index in [2.05, 4.69) is 15.3 Å². The summed E-state index contributed by atoms with van der Waals surface area (Å²) in [6.45, 7) is 13.4. The van der Waals surface area contributed by atoms with Crippen molar-refractivity contribution in [2.75, 3.05) is 4.90 Å². The Bertz CT molecular complexity index is 1130. The minimum atomic E-state index is -0.868. The zero-order valence-corrected chi connectivity index (χ0v) is 20.5. The molecule has 3 rings (SSSR count). The maximum absolute atomic E-state index is 14.0. The summed E-state index contributed by atoms with van der Waals surface area (Å²) in [5.41, 5.74) is 3.50. The highest BCUT2D eigenvalue weighted by molar-refractivity contribution is 7.13. The van der Waals surface area contributed by atoms with Gasteiger partial charge >= 0.3 is 0 Å². The number of pyridine rings is 1. The van der Waals surface area contributed by atoms with Crippen LogP contribution in [0.1, 0.15) is 63.9 Å². The number of rotatable bonds is 5. The smallest absolute Gasteiger partial charge is 0.271 e. The second kappa shape index (κ2) is 9.20. The van der Waals surface area contributed by atoms with E-state index >= 15 is 0 Å². The fourth-order valence-corrected chi connectivity index (χ4v) is 4.44. The minimum Gasteiger partial charge on any atom is -0.349 e. The molecular weight excluding hydrogens is 420 g/mol. The first-order valence-corrected chi connectivity index (χ1v) is 11.4. The van der Waals surface area contributed by atoms with E-state index in [1.54, 1.807) is 29.4 Å². The largest absolute Gasteiger partial charge is 0.349 e. The molecule has 0 bridgehead atoms. The topological polar surface area (TPSA) is 75.2 Å². The molecule has 0 unspecified atom stereocenters. The van der Waals surface area contributed by atoms with Gasteiger partial charge in [0.15, 0.2) is 0 Å². The fraction of sp³-hybridized carbons (Fsp3) is 0.360. The van der Waals surface area contributed by atoms with Crippen LogP contribution in [0.3, 0.4) is 0 Å². The fourth-order valence-electron chi connectivity index (χ4n) is 3.59. The third-order valence-corrected chi connectivity index (χ3v) is 6.03. The standard InChI is InChI=1S/C25H30N4O2S/c1-15-8-9-16(2)20(14-15)29(24(31)22-17(3)27-18(4)32-22)21(19-10-12-26-13-11-19)23(30)28-25(5,6)7/h8-14,21H,1-7H3,(H,28,30)/t21-/m0/s1. The van der Waals surface area contributed by atoms with E-state index in [9.17, 15) is 9.59 Å². The van der Waals surface area contributed by atoms with Crippen LogP contribution in [-0.2, 0) is 4.79 Å². The van der Waals surface area contributed by atoms with Crippen molar-refractivity contribution in [3.63, 3.8) is 0 Å². The van der Waals surface area contributed by atoms with Gasteiger partial charge in [-0.2, -0.15) is 0 Å². The third-order valence-electron chi connectivity index (χ3n) is 4.97. The van der Waals surface area contributed by atoms with Crippen LogP contribution >= 0.6 is 11.3 Å². The van der Waals surface area contributed by atoms with Crippen molar-refractivity contribution >= 4 is 28.8 Å². The van der Waals surface area contributed by atoms with Crippen LogP contribution in [-0.4, -0.2) is 27.3 Å². The Morgan fingerprint density at radius 1 is 1.03 bits per heavy atom. The molecule has 0 saturated heterocycles. The lowest BCUT2D eigenvalue weighted by Gasteiger charge is -2.34. The molecule has 0 aliphatic heterocycles. The van der Waals surface area contributed by atoms with Gasteiger partial charge in [0, 0.05) is 23.6 Å². The number of carbonyl (C=O) groups is 2. The Labute approximate surface area is 193 Å². The second-order valence-electron chi connectivity index (χ2n) is 9.03. The molecule has 2 aromatic heterocycles. The normalized spacial score (nSPS) is 12.3. The van der Waals surface area contributed by atoms with E-state index in [0.717, 1.165) is 16.1 Å². The molecular formula is C25H30N4O2S. The van der Waals surface area contributed by atoms with Gasteiger partial charge in [-0.15, -0.1) is 11.3 Å². The van der Waals surface area contributed by atoms with Gasteiger partial charge in [-0.25, -0.2) is 4.98 Å². The molecule has 32 heavy (non-hydrogen) atoms. The Balaban J connectivity index is 2.26. The van der Waals surface area contributed by atoms with Gasteiger partial charge in [0.2, 0.25) is 5.91 Å². The maximum Gasteiger partial charge on any atom is 0.271 e. The number of benzene rings is 1. The summed E-state index contributed by atoms with van der Waals surface area (Å²) in [7, 11) is 0. The van der Waals surface area contributed by atoms with Crippen LogP contribution in [0.15, 0.2) is 42.7 Å². The maximum atomic E-state index is 14.0. The van der Waals surface area contributed by atoms with Crippen molar-refractivity contribution in [1.82, 2.24) is 15.3 Å². The van der Waals surface area contributed by atoms with Crippen LogP contribution in [0.5, 0.6) is 0 Å². The van der Waals surface area contributed by atoms with Crippen molar-refractivity contribution in [2.24, 2.45) is 0 Å². The summed E-state index contributed by atoms with van der Waals surface area (Å²) in [5.74, 6) is -0.496. The quantitative estimate of drug-likeness (QED) is 0.589. The predicted octanol–water partition coefficient (Wildman–Crippen LogP) is 5.07. The first-order chi connectivity index (χ1) is 15.0. The van der Waals surface area contributed by atoms with Crippen molar-refractivity contribution in [3.8, 4) is 0 Å². The highest BCUT2D eigenvalue weighted by Crippen LogP contribution is 2.34. The monoisotopic (exact) mass is 450 g/mol. The van der Waals surface area contributed by atoms with Crippen LogP contribution in [0.4, 0.5) is 5.69 Å². The molecule has 1 atom stereocenters. The molecule has 1 aromatic carbocycles. The molecule has 0 aliphatic rings. The highest BCUT2D eigenvalue weighted by atomic mass is 32.1. The number of carbonyl (C=O) groups excluding carboxylic acids is 2. The summed E-state index contributed by atoms with van der Waals surface area (Å²) < 4.78 is 0. The molecule has 7 heteroatoms. The highest BCUT2D eigenvalue weighted by Gasteiger charge is 2.36. The first-order valence-electron chi connectivity index (χ1n) is 10.5. The predicted molar refractivity (Wildman–Crippen MR) is 129 cm³/mol. The van der Waals surface area contributed by atoms with Crippen LogP contribution in [0.25, 0.3) is 0 Å². The molecule has 6 nitrogen and oxygen atoms in total. The Kier molecular flexibility index (Phi) is 6.79. The lowest BCUT2D eigenvalue weighted by molar-refractivity contribution is -0.123. The Morgan fingerprint density at radius 2 is 1.69 bits per heavy atom. The number of anilines is 1. The van der Waals surface area contributed by atoms with E-state index in [1.165, 1.54) is 11.3 Å². The summed E-state index contributed by atoms with van der Waals surface area (Å²) in [6.07, 6.45) is 3.28. The van der Waals surface area contributed by atoms with Crippen LogP contribution in [0, 0.1) is 27.7 Å². The van der Waals surface area contributed by atoms with Gasteiger partial charge in [-0.1, -0.05) is 12.1 Å². The summed E-state index contributed by atoms with van der Waals surface area (Å²) in [4.78, 5) is 38.4. The van der Waals surface area contributed by atoms with E-state index in [1.807, 2.05) is 66.7 Å². The molecule has 3 aromatic rings. The lowest BCUT2D eigenvalue weighted by atomic mass is 10.00. The van der Waals surface area contributed by atoms with Gasteiger partial charge in [-0.05, 0) is 83.4 Å². The second-order valence-corrected chi connectivity index (χ2v) is 10.2. The summed E-state index contributed by atoms with van der Waals surface area (Å²) in [6, 6.07) is 8.62. The van der Waals surface area contributed by atoms with Crippen LogP contribution < -0.4 is 10.2 Å². The molecule has 2 heterocycles. The molecule has 168 valence electrons. The Hall–Kier alpha value is -3.06. The molecule has 0 fully saturated rings. The Morgan fingerprint density at radius 3 is 2.25 bits per heavy atom.